The molecule has 1 aliphatic rings. The molecule has 0 heterocycles. The van der Waals surface area contributed by atoms with Gasteiger partial charge in [-0.1, -0.05) is 5.11 Å². The minimum atomic E-state index is -0.889. The van der Waals surface area contributed by atoms with Crippen molar-refractivity contribution in [1.82, 2.24) is 5.32 Å². The van der Waals surface area contributed by atoms with Crippen LogP contribution < -0.4 is 5.32 Å². The van der Waals surface area contributed by atoms with Gasteiger partial charge in [0.2, 0.25) is 0 Å². The maximum atomic E-state index is 11.3. The highest BCUT2D eigenvalue weighted by Crippen LogP contribution is 2.30. The van der Waals surface area contributed by atoms with Gasteiger partial charge in [0.25, 0.3) is 0 Å². The number of hydrogen-bond acceptors (Lipinski definition) is 4. The number of nitrogens with zero attached hydrogens (tertiary/aromatic N) is 3. The van der Waals surface area contributed by atoms with E-state index in [0.717, 1.165) is 12.8 Å². The zero-order valence-corrected chi connectivity index (χ0v) is 9.93. The first-order chi connectivity index (χ1) is 8.14. The minimum absolute atomic E-state index is 0.154. The second-order valence-corrected chi connectivity index (χ2v) is 4.20. The number of methoxy groups -OCH3 is 1. The molecular formula is C10H18N4O3. The predicted molar refractivity (Wildman–Crippen MR) is 61.6 cm³/mol. The zero-order chi connectivity index (χ0) is 12.7. The fraction of sp³-hybridized carbons (Fsp3) is 0.900. The van der Waals surface area contributed by atoms with E-state index in [1.165, 1.54) is 0 Å². The van der Waals surface area contributed by atoms with Crippen molar-refractivity contribution in [2.75, 3.05) is 20.2 Å². The third kappa shape index (κ3) is 3.59. The Kier molecular flexibility index (Phi) is 5.21. The highest BCUT2D eigenvalue weighted by molar-refractivity contribution is 5.79. The first-order valence-electron chi connectivity index (χ1n) is 5.67. The summed E-state index contributed by atoms with van der Waals surface area (Å²) in [4.78, 5) is 14.0. The maximum Gasteiger partial charge on any atom is 0.323 e. The van der Waals surface area contributed by atoms with Crippen LogP contribution in [0.25, 0.3) is 10.4 Å². The fourth-order valence-electron chi connectivity index (χ4n) is 2.18. The van der Waals surface area contributed by atoms with Crippen molar-refractivity contribution >= 4 is 5.97 Å². The Balaban J connectivity index is 2.52. The van der Waals surface area contributed by atoms with Gasteiger partial charge in [0.05, 0.1) is 6.10 Å². The van der Waals surface area contributed by atoms with Crippen LogP contribution in [-0.4, -0.2) is 42.9 Å². The summed E-state index contributed by atoms with van der Waals surface area (Å²) >= 11 is 0. The van der Waals surface area contributed by atoms with Crippen molar-refractivity contribution < 1.29 is 14.6 Å². The van der Waals surface area contributed by atoms with E-state index in [1.807, 2.05) is 0 Å². The third-order valence-corrected chi connectivity index (χ3v) is 3.27. The van der Waals surface area contributed by atoms with Crippen LogP contribution >= 0.6 is 0 Å². The van der Waals surface area contributed by atoms with Crippen LogP contribution in [-0.2, 0) is 9.53 Å². The number of azide groups is 1. The van der Waals surface area contributed by atoms with Gasteiger partial charge < -0.3 is 15.2 Å². The second-order valence-electron chi connectivity index (χ2n) is 4.20. The quantitative estimate of drug-likeness (QED) is 0.317. The standard InChI is InChI=1S/C10H18N4O3/c1-17-8-2-4-10(5-3-8,9(15)16)12-6-7-13-14-11/h8,12H,2-7H2,1H3,(H,15,16). The lowest BCUT2D eigenvalue weighted by Gasteiger charge is -2.37. The van der Waals surface area contributed by atoms with E-state index in [4.69, 9.17) is 10.3 Å². The van der Waals surface area contributed by atoms with Gasteiger partial charge in [-0.3, -0.25) is 4.79 Å². The molecule has 1 saturated carbocycles. The Morgan fingerprint density at radius 3 is 2.76 bits per heavy atom. The highest BCUT2D eigenvalue weighted by Gasteiger charge is 2.41. The molecule has 7 nitrogen and oxygen atoms in total. The van der Waals surface area contributed by atoms with E-state index in [9.17, 15) is 9.90 Å². The van der Waals surface area contributed by atoms with E-state index in [0.29, 0.717) is 19.4 Å². The van der Waals surface area contributed by atoms with Gasteiger partial charge in [-0.15, -0.1) is 0 Å². The summed E-state index contributed by atoms with van der Waals surface area (Å²) in [6, 6.07) is 0. The first kappa shape index (κ1) is 13.8. The molecule has 0 aromatic carbocycles. The number of carboxylic acid groups (broad SMARTS) is 1. The van der Waals surface area contributed by atoms with E-state index in [1.54, 1.807) is 7.11 Å². The van der Waals surface area contributed by atoms with Crippen molar-refractivity contribution in [2.24, 2.45) is 5.11 Å². The van der Waals surface area contributed by atoms with Gasteiger partial charge in [-0.25, -0.2) is 0 Å². The van der Waals surface area contributed by atoms with E-state index < -0.39 is 11.5 Å². The molecule has 96 valence electrons. The molecule has 1 rings (SSSR count). The number of nitrogens with one attached hydrogen (secondary N) is 1. The lowest BCUT2D eigenvalue weighted by molar-refractivity contribution is -0.147. The smallest absolute Gasteiger partial charge is 0.323 e. The molecule has 0 aromatic rings. The van der Waals surface area contributed by atoms with Gasteiger partial charge in [0.1, 0.15) is 5.54 Å². The third-order valence-electron chi connectivity index (χ3n) is 3.27. The summed E-state index contributed by atoms with van der Waals surface area (Å²) in [6.45, 7) is 0.646. The Morgan fingerprint density at radius 2 is 2.29 bits per heavy atom. The molecule has 2 N–H and O–H groups in total. The van der Waals surface area contributed by atoms with Crippen LogP contribution in [0, 0.1) is 0 Å². The van der Waals surface area contributed by atoms with Crippen LogP contribution in [0.5, 0.6) is 0 Å². The van der Waals surface area contributed by atoms with Crippen LogP contribution in [0.4, 0.5) is 0 Å². The molecular weight excluding hydrogens is 224 g/mol. The second kappa shape index (κ2) is 6.44. The molecule has 0 amide bonds. The Bertz CT molecular complexity index is 307. The Morgan fingerprint density at radius 1 is 1.65 bits per heavy atom. The molecule has 1 aliphatic carbocycles. The molecule has 0 spiro atoms. The number of hydrogen-bond donors (Lipinski definition) is 2. The predicted octanol–water partition coefficient (Wildman–Crippen LogP) is 1.30. The monoisotopic (exact) mass is 242 g/mol. The molecule has 0 unspecified atom stereocenters. The summed E-state index contributed by atoms with van der Waals surface area (Å²) in [5, 5.41) is 15.7. The fourth-order valence-corrected chi connectivity index (χ4v) is 2.18. The number of ether oxygens (including phenoxy) is 1. The van der Waals surface area contributed by atoms with E-state index in [2.05, 4.69) is 15.3 Å². The topological polar surface area (TPSA) is 107 Å². The lowest BCUT2D eigenvalue weighted by Crippen LogP contribution is -2.55. The summed E-state index contributed by atoms with van der Waals surface area (Å²) in [5.41, 5.74) is 7.25. The van der Waals surface area contributed by atoms with Gasteiger partial charge in [-0.05, 0) is 31.2 Å². The molecule has 0 aliphatic heterocycles. The number of carbonyl (C=O) groups is 1. The summed E-state index contributed by atoms with van der Waals surface area (Å²) in [7, 11) is 1.65. The molecule has 1 fully saturated rings. The van der Waals surface area contributed by atoms with Crippen LogP contribution in [0.3, 0.4) is 0 Å². The van der Waals surface area contributed by atoms with Crippen molar-refractivity contribution in [1.29, 1.82) is 0 Å². The number of rotatable bonds is 6. The average molecular weight is 242 g/mol. The molecule has 7 heteroatoms. The number of aliphatic carboxylic acids is 1. The normalized spacial score (nSPS) is 28.4. The minimum Gasteiger partial charge on any atom is -0.480 e. The van der Waals surface area contributed by atoms with Crippen molar-refractivity contribution in [2.45, 2.75) is 37.3 Å². The van der Waals surface area contributed by atoms with Gasteiger partial charge in [0.15, 0.2) is 0 Å². The summed E-state index contributed by atoms with van der Waals surface area (Å²) in [6.07, 6.45) is 2.70. The maximum absolute atomic E-state index is 11.3. The molecule has 0 bridgehead atoms. The molecule has 0 radical (unpaired) electrons. The van der Waals surface area contributed by atoms with E-state index >= 15 is 0 Å². The number of carboxylic acids is 1. The van der Waals surface area contributed by atoms with Crippen LogP contribution in [0.2, 0.25) is 0 Å². The van der Waals surface area contributed by atoms with Crippen molar-refractivity contribution in [3.05, 3.63) is 10.4 Å². The van der Waals surface area contributed by atoms with Crippen molar-refractivity contribution in [3.63, 3.8) is 0 Å². The summed E-state index contributed by atoms with van der Waals surface area (Å²) in [5.74, 6) is -0.840. The van der Waals surface area contributed by atoms with Crippen molar-refractivity contribution in [3.8, 4) is 0 Å². The van der Waals surface area contributed by atoms with Gasteiger partial charge in [0, 0.05) is 25.1 Å². The van der Waals surface area contributed by atoms with Crippen LogP contribution in [0.1, 0.15) is 25.7 Å². The van der Waals surface area contributed by atoms with E-state index in [-0.39, 0.29) is 12.6 Å². The largest absolute Gasteiger partial charge is 0.480 e. The average Bonchev–Trinajstić information content (AvgIpc) is 2.35. The molecule has 0 saturated heterocycles. The van der Waals surface area contributed by atoms with Gasteiger partial charge in [-0.2, -0.15) is 0 Å². The SMILES string of the molecule is COC1CCC(NCCN=[N+]=[N-])(C(=O)O)CC1. The molecule has 0 atom stereocenters. The zero-order valence-electron chi connectivity index (χ0n) is 9.93. The Hall–Kier alpha value is -1.30. The van der Waals surface area contributed by atoms with Crippen LogP contribution in [0.15, 0.2) is 5.11 Å². The molecule has 0 aromatic heterocycles. The molecule has 17 heavy (non-hydrogen) atoms. The highest BCUT2D eigenvalue weighted by atomic mass is 16.5. The Labute approximate surface area is 99.8 Å². The summed E-state index contributed by atoms with van der Waals surface area (Å²) < 4.78 is 5.22. The lowest BCUT2D eigenvalue weighted by atomic mass is 9.80. The van der Waals surface area contributed by atoms with Gasteiger partial charge >= 0.3 is 5.97 Å². The first-order valence-corrected chi connectivity index (χ1v) is 5.67.